The summed E-state index contributed by atoms with van der Waals surface area (Å²) < 4.78 is 127. The molecular formula is C59H116N3O34P3. The van der Waals surface area contributed by atoms with Crippen LogP contribution >= 0.6 is 23.5 Å². The number of amides is 3. The van der Waals surface area contributed by atoms with Gasteiger partial charge in [0.05, 0.1) is 104 Å². The van der Waals surface area contributed by atoms with Crippen molar-refractivity contribution in [1.82, 2.24) is 16.0 Å². The molecule has 0 aliphatic carbocycles. The molecule has 0 radical (unpaired) electrons. The van der Waals surface area contributed by atoms with Crippen LogP contribution in [0.1, 0.15) is 131 Å². The Kier molecular flexibility index (Phi) is 49.7. The number of hydrogen-bond donors (Lipinski definition) is 15. The van der Waals surface area contributed by atoms with Gasteiger partial charge in [0, 0.05) is 67.0 Å². The van der Waals surface area contributed by atoms with Crippen LogP contribution in [0.2, 0.25) is 0 Å². The zero-order valence-electron chi connectivity index (χ0n) is 57.7. The standard InChI is InChI=1S/C59H116N3O34P3/c1-6-81-38-59(39-82-22-19-31-91-97(75,76)88-28-16-10-7-13-25-85-56(46(34-63)60-43(3)68)94-47(35-64)42(2)67,40-83-23-20-32-92-98(77,78)89-29-17-11-8-14-26-86-57-50(61-44(4)69)54(73)52(71)48(36-65)95-57)41-84-24-21-33-93-99(79,80)90-30-18-12-9-15-27-87-58-51(62-45(5)70)55(74)53(72)49(37-66)96-58/h42,46-58,63-67,71-74H,6-41H2,1-5H3,(H,60,68)(H,61,69)(H,62,70)(H,75,76)(H,77,78)(H,79,80)/t42-,46+,47?,48?,49?,50?,51?,52?,53?,54?,55?,56?,57?,58?,59?/m1/s1. The van der Waals surface area contributed by atoms with E-state index in [1.807, 2.05) is 0 Å². The highest BCUT2D eigenvalue weighted by Crippen LogP contribution is 2.45. The number of phosphoric ester groups is 3. The lowest BCUT2D eigenvalue weighted by Crippen LogP contribution is -2.64. The molecule has 40 heteroatoms. The number of nitrogens with one attached hydrogen (secondary N) is 3. The van der Waals surface area contributed by atoms with Crippen LogP contribution in [-0.4, -0.2) is 303 Å². The Bertz CT molecular complexity index is 2180. The second-order valence-corrected chi connectivity index (χ2v) is 28.3. The van der Waals surface area contributed by atoms with Crippen molar-refractivity contribution in [3.63, 3.8) is 0 Å². The first-order valence-electron chi connectivity index (χ1n) is 33.7. The fourth-order valence-corrected chi connectivity index (χ4v) is 12.2. The average Bonchev–Trinajstić information content (AvgIpc) is 0.816. The molecule has 2 aliphatic heterocycles. The van der Waals surface area contributed by atoms with Crippen LogP contribution < -0.4 is 16.0 Å². The van der Waals surface area contributed by atoms with Gasteiger partial charge in [-0.2, -0.15) is 0 Å². The van der Waals surface area contributed by atoms with Gasteiger partial charge in [0.25, 0.3) is 0 Å². The van der Waals surface area contributed by atoms with Gasteiger partial charge in [-0.15, -0.1) is 0 Å². The molecule has 2 saturated heterocycles. The molecule has 0 aromatic heterocycles. The van der Waals surface area contributed by atoms with Gasteiger partial charge in [-0.1, -0.05) is 38.5 Å². The molecule has 0 aromatic carbocycles. The number of rotatable bonds is 62. The summed E-state index contributed by atoms with van der Waals surface area (Å²) in [7, 11) is -13.4. The maximum absolute atomic E-state index is 12.7. The van der Waals surface area contributed by atoms with Gasteiger partial charge >= 0.3 is 23.5 Å². The monoisotopic (exact) mass is 1500 g/mol. The normalized spacial score (nSPS) is 24.9. The van der Waals surface area contributed by atoms with Crippen LogP contribution in [-0.2, 0) is 103 Å². The largest absolute Gasteiger partial charge is 0.472 e. The third kappa shape index (κ3) is 40.9. The van der Waals surface area contributed by atoms with E-state index in [0.717, 1.165) is 0 Å². The van der Waals surface area contributed by atoms with Crippen LogP contribution in [0.25, 0.3) is 0 Å². The fourth-order valence-electron chi connectivity index (χ4n) is 9.80. The first kappa shape index (κ1) is 93.1. The molecule has 0 saturated carbocycles. The summed E-state index contributed by atoms with van der Waals surface area (Å²) in [5.74, 6) is -1.41. The number of aliphatic hydroxyl groups is 9. The predicted octanol–water partition coefficient (Wildman–Crippen LogP) is -0.170. The lowest BCUT2D eigenvalue weighted by atomic mass is 9.92. The van der Waals surface area contributed by atoms with Gasteiger partial charge in [0.1, 0.15) is 60.9 Å². The number of unbranched alkanes of at least 4 members (excludes halogenated alkanes) is 9. The Morgan fingerprint density at radius 1 is 0.465 bits per heavy atom. The highest BCUT2D eigenvalue weighted by Gasteiger charge is 2.47. The van der Waals surface area contributed by atoms with Gasteiger partial charge in [-0.3, -0.25) is 41.5 Å². The molecule has 0 bridgehead atoms. The Hall–Kier alpha value is -2.02. The molecule has 3 amide bonds. The van der Waals surface area contributed by atoms with Gasteiger partial charge in [0.2, 0.25) is 17.7 Å². The number of carbonyl (C=O) groups is 3. The number of carbonyl (C=O) groups excluding carboxylic acids is 3. The fraction of sp³-hybridized carbons (Fsp3) is 0.949. The Morgan fingerprint density at radius 3 is 1.12 bits per heavy atom. The van der Waals surface area contributed by atoms with Crippen molar-refractivity contribution in [2.45, 2.75) is 217 Å². The molecule has 2 aliphatic rings. The molecule has 15 N–H and O–H groups in total. The summed E-state index contributed by atoms with van der Waals surface area (Å²) in [6.07, 6.45) is -6.89. The zero-order chi connectivity index (χ0) is 73.7. The van der Waals surface area contributed by atoms with Crippen LogP contribution in [0, 0.1) is 5.41 Å². The SMILES string of the molecule is CCOCC(COCCCOP(=O)(O)OCCCCCCOC1OC(CO)C(O)C(O)C1NC(C)=O)(COCCCOP(=O)(O)OCCCCCCOC1OC(CO)C(O)C(O)C1NC(C)=O)COCCCOP(=O)(O)OCCCCCCOC(OC(CO)[C@@H](C)O)[C@H](CO)NC(C)=O. The first-order valence-corrected chi connectivity index (χ1v) is 38.2. The minimum atomic E-state index is -4.46. The quantitative estimate of drug-likeness (QED) is 0.0213. The van der Waals surface area contributed by atoms with Gasteiger partial charge < -0.3 is 124 Å². The van der Waals surface area contributed by atoms with Crippen molar-refractivity contribution >= 4 is 41.2 Å². The number of aliphatic hydroxyl groups excluding tert-OH is 9. The Balaban J connectivity index is 1.87. The topological polar surface area (TPSA) is 529 Å². The summed E-state index contributed by atoms with van der Waals surface area (Å²) in [5, 5.41) is 97.2. The molecule has 2 heterocycles. The third-order valence-electron chi connectivity index (χ3n) is 15.1. The van der Waals surface area contributed by atoms with Crippen molar-refractivity contribution in [3.05, 3.63) is 0 Å². The van der Waals surface area contributed by atoms with E-state index in [1.165, 1.54) is 27.7 Å². The Labute approximate surface area is 579 Å². The second kappa shape index (κ2) is 52.9. The maximum atomic E-state index is 12.7. The lowest BCUT2D eigenvalue weighted by molar-refractivity contribution is -0.270. The van der Waals surface area contributed by atoms with Crippen molar-refractivity contribution in [2.24, 2.45) is 5.41 Å². The minimum Gasteiger partial charge on any atom is -0.394 e. The summed E-state index contributed by atoms with van der Waals surface area (Å²) in [5.41, 5.74) is -0.976. The third-order valence-corrected chi connectivity index (χ3v) is 18.1. The van der Waals surface area contributed by atoms with E-state index in [4.69, 9.17) is 74.5 Å². The van der Waals surface area contributed by atoms with Crippen LogP contribution in [0.4, 0.5) is 0 Å². The van der Waals surface area contributed by atoms with E-state index < -0.39 is 159 Å². The van der Waals surface area contributed by atoms with Crippen molar-refractivity contribution in [3.8, 4) is 0 Å². The summed E-state index contributed by atoms with van der Waals surface area (Å²) in [6, 6.07) is -3.11. The van der Waals surface area contributed by atoms with E-state index >= 15 is 0 Å². The molecule has 2 rings (SSSR count). The minimum absolute atomic E-state index is 0.0174. The highest BCUT2D eigenvalue weighted by atomic mass is 31.2. The van der Waals surface area contributed by atoms with E-state index in [0.29, 0.717) is 83.7 Å². The summed E-state index contributed by atoms with van der Waals surface area (Å²) in [4.78, 5) is 66.0. The van der Waals surface area contributed by atoms with Crippen molar-refractivity contribution < 1.29 is 163 Å². The lowest BCUT2D eigenvalue weighted by Gasteiger charge is -2.42. The number of phosphoric acid groups is 3. The summed E-state index contributed by atoms with van der Waals surface area (Å²) >= 11 is 0. The van der Waals surface area contributed by atoms with Gasteiger partial charge in [0.15, 0.2) is 18.9 Å². The van der Waals surface area contributed by atoms with E-state index in [9.17, 15) is 88.7 Å². The molecule has 99 heavy (non-hydrogen) atoms. The number of hydrogen-bond acceptors (Lipinski definition) is 31. The summed E-state index contributed by atoms with van der Waals surface area (Å²) in [6.45, 7) is 4.56. The molecular weight excluding hydrogens is 1390 g/mol. The molecule has 17 atom stereocenters. The van der Waals surface area contributed by atoms with E-state index in [-0.39, 0.29) is 125 Å². The maximum Gasteiger partial charge on any atom is 0.472 e. The van der Waals surface area contributed by atoms with E-state index in [1.54, 1.807) is 6.92 Å². The van der Waals surface area contributed by atoms with E-state index in [2.05, 4.69) is 16.0 Å². The van der Waals surface area contributed by atoms with Crippen LogP contribution in [0.5, 0.6) is 0 Å². The van der Waals surface area contributed by atoms with Crippen molar-refractivity contribution in [1.29, 1.82) is 0 Å². The van der Waals surface area contributed by atoms with Gasteiger partial charge in [-0.25, -0.2) is 13.7 Å². The highest BCUT2D eigenvalue weighted by molar-refractivity contribution is 7.47. The number of ether oxygens (including phenoxy) is 10. The molecule has 586 valence electrons. The van der Waals surface area contributed by atoms with Crippen LogP contribution in [0.3, 0.4) is 0 Å². The van der Waals surface area contributed by atoms with Crippen molar-refractivity contribution in [2.75, 3.05) is 139 Å². The van der Waals surface area contributed by atoms with Gasteiger partial charge in [-0.05, 0) is 71.6 Å². The molecule has 15 unspecified atom stereocenters. The molecule has 37 nitrogen and oxygen atoms in total. The molecule has 2 fully saturated rings. The van der Waals surface area contributed by atoms with Crippen LogP contribution in [0.15, 0.2) is 0 Å². The average molecular weight is 1500 g/mol. The second-order valence-electron chi connectivity index (χ2n) is 23.9. The Morgan fingerprint density at radius 2 is 0.808 bits per heavy atom. The zero-order valence-corrected chi connectivity index (χ0v) is 60.4. The first-order chi connectivity index (χ1) is 47.1. The predicted molar refractivity (Wildman–Crippen MR) is 347 cm³/mol. The molecule has 0 spiro atoms. The smallest absolute Gasteiger partial charge is 0.394 e. The molecule has 0 aromatic rings.